The van der Waals surface area contributed by atoms with Crippen molar-refractivity contribution >= 4 is 70.9 Å². The Kier molecular flexibility index (Phi) is 30.5. The third kappa shape index (κ3) is 24.6. The van der Waals surface area contributed by atoms with Crippen LogP contribution < -0.4 is 0 Å². The van der Waals surface area contributed by atoms with Crippen molar-refractivity contribution in [2.75, 3.05) is 26.4 Å². The Balaban J connectivity index is 0.000000248. The summed E-state index contributed by atoms with van der Waals surface area (Å²) < 4.78 is 16.4. The number of aliphatic hydroxyl groups is 1. The molecule has 0 aliphatic heterocycles. The fourth-order valence-electron chi connectivity index (χ4n) is 15.4. The quantitative estimate of drug-likeness (QED) is 0.0136. The number of hydrogen-bond donors (Lipinski definition) is 6. The highest BCUT2D eigenvalue weighted by molar-refractivity contribution is 8.18. The van der Waals surface area contributed by atoms with Crippen LogP contribution in [0, 0.1) is 11.8 Å². The van der Waals surface area contributed by atoms with E-state index in [0.717, 1.165) is 97.5 Å². The predicted octanol–water partition coefficient (Wildman–Crippen LogP) is 25.9. The van der Waals surface area contributed by atoms with Gasteiger partial charge < -0.3 is 44.8 Å². The molecule has 0 bridgehead atoms. The topological polar surface area (TPSA) is 217 Å². The van der Waals surface area contributed by atoms with Crippen LogP contribution in [-0.2, 0) is 76.7 Å². The number of rotatable bonds is 25. The van der Waals surface area contributed by atoms with Crippen LogP contribution in [-0.4, -0.2) is 89.1 Å². The molecular weight excluding hydrogens is 1560 g/mol. The molecule has 2 atom stereocenters. The molecule has 0 fully saturated rings. The van der Waals surface area contributed by atoms with Crippen molar-refractivity contribution in [1.29, 1.82) is 0 Å². The van der Waals surface area contributed by atoms with E-state index in [9.17, 15) is 44.7 Å². The summed E-state index contributed by atoms with van der Waals surface area (Å²) in [4.78, 5) is 53.2. The molecule has 17 heteroatoms. The van der Waals surface area contributed by atoms with Gasteiger partial charge in [-0.15, -0.1) is 47.0 Å². The third-order valence-corrected chi connectivity index (χ3v) is 27.2. The molecule has 644 valence electrons. The second-order valence-electron chi connectivity index (χ2n) is 40.7. The van der Waals surface area contributed by atoms with E-state index in [4.69, 9.17) is 19.3 Å². The number of esters is 3. The Hall–Kier alpha value is -7.80. The van der Waals surface area contributed by atoms with Gasteiger partial charge in [-0.25, -0.2) is 0 Å². The lowest BCUT2D eigenvalue weighted by atomic mass is 9.77. The van der Waals surface area contributed by atoms with Gasteiger partial charge in [-0.05, 0) is 177 Å². The molecule has 0 saturated heterocycles. The molecule has 119 heavy (non-hydrogen) atoms. The van der Waals surface area contributed by atoms with Crippen molar-refractivity contribution in [2.24, 2.45) is 11.8 Å². The maximum Gasteiger partial charge on any atom is 0.309 e. The summed E-state index contributed by atoms with van der Waals surface area (Å²) in [5.41, 5.74) is 14.2. The zero-order chi connectivity index (χ0) is 89.1. The van der Waals surface area contributed by atoms with Gasteiger partial charge in [0.2, 0.25) is 0 Å². The number of fused-ring (bicyclic) bond motifs is 6. The van der Waals surface area contributed by atoms with Crippen molar-refractivity contribution in [1.82, 2.24) is 0 Å². The molecule has 2 unspecified atom stereocenters. The normalized spacial score (nSPS) is 14.0. The minimum atomic E-state index is -0.987. The number of ether oxygens (including phenoxy) is 3. The van der Waals surface area contributed by atoms with Crippen LogP contribution in [0.2, 0.25) is 0 Å². The Morgan fingerprint density at radius 3 is 0.832 bits per heavy atom. The van der Waals surface area contributed by atoms with Gasteiger partial charge in [0.05, 0.1) is 39.4 Å². The summed E-state index contributed by atoms with van der Waals surface area (Å²) in [6, 6.07) is 49.6. The Morgan fingerprint density at radius 1 is 0.345 bits per heavy atom. The summed E-state index contributed by atoms with van der Waals surface area (Å²) in [6.07, 6.45) is 0.874. The van der Waals surface area contributed by atoms with E-state index < -0.39 is 41.1 Å². The zero-order valence-corrected chi connectivity index (χ0v) is 79.3. The molecule has 0 spiro atoms. The predicted molar refractivity (Wildman–Crippen MR) is 494 cm³/mol. The zero-order valence-electron chi connectivity index (χ0n) is 76.0. The van der Waals surface area contributed by atoms with Crippen molar-refractivity contribution in [3.05, 3.63) is 212 Å². The van der Waals surface area contributed by atoms with Crippen LogP contribution in [0.4, 0.5) is 0 Å². The first-order chi connectivity index (χ1) is 54.8. The molecule has 0 radical (unpaired) electrons. The molecule has 10 rings (SSSR count). The van der Waals surface area contributed by atoms with E-state index in [1.165, 1.54) is 18.1 Å². The molecule has 2 aliphatic rings. The van der Waals surface area contributed by atoms with E-state index in [1.807, 2.05) is 60.7 Å². The number of phenolic OH excluding ortho intramolecular Hbond substituents is 4. The van der Waals surface area contributed by atoms with E-state index in [-0.39, 0.29) is 103 Å². The largest absolute Gasteiger partial charge is 0.507 e. The van der Waals surface area contributed by atoms with Crippen molar-refractivity contribution in [3.8, 4) is 45.3 Å². The second kappa shape index (κ2) is 37.5. The van der Waals surface area contributed by atoms with Crippen LogP contribution in [0.3, 0.4) is 0 Å². The van der Waals surface area contributed by atoms with E-state index in [0.29, 0.717) is 30.1 Å². The van der Waals surface area contributed by atoms with Gasteiger partial charge >= 0.3 is 23.9 Å². The van der Waals surface area contributed by atoms with Crippen molar-refractivity contribution < 1.29 is 64.0 Å². The first-order valence-electron chi connectivity index (χ1n) is 41.7. The molecule has 8 aromatic rings. The average Bonchev–Trinajstić information content (AvgIpc) is 1.70. The first kappa shape index (κ1) is 96.7. The molecule has 2 aliphatic carbocycles. The van der Waals surface area contributed by atoms with Crippen LogP contribution in [0.1, 0.15) is 298 Å². The van der Waals surface area contributed by atoms with Gasteiger partial charge in [-0.2, -0.15) is 0 Å². The highest BCUT2D eigenvalue weighted by atomic mass is 32.2. The number of thioether (sulfide) groups is 4. The lowest BCUT2D eigenvalue weighted by Crippen LogP contribution is -2.25. The number of carbonyl (C=O) groups excluding carboxylic acids is 3. The number of hydrogen-bond acceptors (Lipinski definition) is 16. The van der Waals surface area contributed by atoms with Gasteiger partial charge in [0.15, 0.2) is 0 Å². The molecule has 0 aromatic heterocycles. The summed E-state index contributed by atoms with van der Waals surface area (Å²) in [6.45, 7) is 59.3. The van der Waals surface area contributed by atoms with Crippen LogP contribution >= 0.6 is 47.0 Å². The molecular formula is C102H134O13S4. The minimum absolute atomic E-state index is 0.00600. The monoisotopic (exact) mass is 1690 g/mol. The number of aliphatic hydroxyl groups excluding tert-OH is 1. The molecule has 6 N–H and O–H groups in total. The van der Waals surface area contributed by atoms with Crippen LogP contribution in [0.15, 0.2) is 165 Å². The fourth-order valence-corrected chi connectivity index (χ4v) is 20.6. The summed E-state index contributed by atoms with van der Waals surface area (Å²) in [5, 5.41) is 64.1. The number of carbonyl (C=O) groups is 4. The number of carboxylic acid groups (broad SMARTS) is 1. The van der Waals surface area contributed by atoms with E-state index in [2.05, 4.69) is 265 Å². The number of phenols is 4. The third-order valence-electron chi connectivity index (χ3n) is 22.3. The smallest absolute Gasteiger partial charge is 0.309 e. The Morgan fingerprint density at radius 2 is 0.580 bits per heavy atom. The molecule has 8 aromatic carbocycles. The first-order valence-corrected chi connectivity index (χ1v) is 45.0. The summed E-state index contributed by atoms with van der Waals surface area (Å²) >= 11 is 7.10. The highest BCUT2D eigenvalue weighted by Gasteiger charge is 2.39. The SMILES string of the molecule is CC(C)(Sc1cc(C(C)(C)C)c(O)c(C(C)(C)C)c1)Sc1cc(C(C)(C)C)c(O)c(C(C)(C)CCO)c1.CC(CC(=O)OCC1c2ccccc2-c2ccccc21)C(=O)O.CC(CC(=O)OCC1c2ccccc2-c2ccccc21)C(=O)OCCC(C)(C)c1cc(SC(C)(C)Sc2cc(C(C)(C)C)c(O)c(C(C)(C)C)c2)cc(C(C)(C)C)c1O. The average molecular weight is 1700 g/mol. The van der Waals surface area contributed by atoms with Crippen LogP contribution in [0.5, 0.6) is 23.0 Å². The minimum Gasteiger partial charge on any atom is -0.507 e. The number of benzene rings is 8. The maximum absolute atomic E-state index is 13.2. The molecule has 0 saturated carbocycles. The lowest BCUT2D eigenvalue weighted by Gasteiger charge is -2.32. The number of aromatic hydroxyl groups is 4. The standard InChI is InChI=1S/C51H66O6S2.C32H50O3S2.C19H18O4/c1-31(25-43(52)57-30-38-36-21-17-15-19-34(36)35-20-16-18-22-37(35)38)46(55)56-24-23-50(11,12)42-29-33(28-41(45(42)54)49(8,9)10)59-51(13,14)58-32-26-39(47(2,3)4)44(53)40(27-32)48(5,6)7;1-28(2,3)22-16-20(17-23(26(22)34)29(4,5)6)36-32(12,13)37-21-18-24(30(7,8)9)27(35)25(19-21)31(10,11)14-15-33;1-12(19(21)22)10-18(20)23-11-17-15-8-4-2-6-13(15)14-7-3-5-9-16(14)17/h15-22,26-29,31,38,53-54H,23-25,30H2,1-14H3;16-19,33-35H,14-15H2,1-13H3;2-9,12,17H,10-11H2,1H3,(H,21,22). The van der Waals surface area contributed by atoms with Gasteiger partial charge in [-0.1, -0.05) is 263 Å². The molecule has 0 amide bonds. The highest BCUT2D eigenvalue weighted by Crippen LogP contribution is 2.55. The molecule has 13 nitrogen and oxygen atoms in total. The Bertz CT molecular complexity index is 4800. The van der Waals surface area contributed by atoms with Crippen molar-refractivity contribution in [2.45, 2.75) is 302 Å². The second-order valence-corrected chi connectivity index (χ2v) is 48.0. The number of carboxylic acids is 1. The number of aliphatic carboxylic acids is 1. The van der Waals surface area contributed by atoms with E-state index in [1.54, 1.807) is 54.0 Å². The van der Waals surface area contributed by atoms with Gasteiger partial charge in [-0.3, -0.25) is 19.2 Å². The van der Waals surface area contributed by atoms with Crippen LogP contribution in [0.25, 0.3) is 22.3 Å². The van der Waals surface area contributed by atoms with E-state index >= 15 is 0 Å². The summed E-state index contributed by atoms with van der Waals surface area (Å²) in [7, 11) is 0. The maximum atomic E-state index is 13.2. The van der Waals surface area contributed by atoms with Gasteiger partial charge in [0.25, 0.3) is 0 Å². The molecule has 0 heterocycles. The lowest BCUT2D eigenvalue weighted by molar-refractivity contribution is -0.155. The van der Waals surface area contributed by atoms with Gasteiger partial charge in [0, 0.05) is 82.5 Å². The van der Waals surface area contributed by atoms with Crippen molar-refractivity contribution in [3.63, 3.8) is 0 Å². The Labute approximate surface area is 728 Å². The van der Waals surface area contributed by atoms with Gasteiger partial charge in [0.1, 0.15) is 36.2 Å². The fraction of sp³-hybridized carbons (Fsp3) is 0.490. The summed E-state index contributed by atoms with van der Waals surface area (Å²) in [5.74, 6) is -2.40.